The van der Waals surface area contributed by atoms with Gasteiger partial charge in [0.15, 0.2) is 0 Å². The van der Waals surface area contributed by atoms with E-state index in [-0.39, 0.29) is 5.91 Å². The Hall–Kier alpha value is -1.88. The first-order valence-electron chi connectivity index (χ1n) is 7.07. The molecule has 2 aliphatic rings. The topological polar surface area (TPSA) is 57.8 Å². The first-order chi connectivity index (χ1) is 9.64. The summed E-state index contributed by atoms with van der Waals surface area (Å²) in [6.45, 7) is 0.980. The van der Waals surface area contributed by atoms with E-state index in [1.165, 1.54) is 0 Å². The van der Waals surface area contributed by atoms with Crippen molar-refractivity contribution >= 4 is 11.6 Å². The van der Waals surface area contributed by atoms with Crippen LogP contribution in [-0.2, 0) is 11.2 Å². The zero-order chi connectivity index (χ0) is 13.7. The van der Waals surface area contributed by atoms with E-state index < -0.39 is 5.60 Å². The Balaban J connectivity index is 1.43. The van der Waals surface area contributed by atoms with E-state index in [0.29, 0.717) is 25.4 Å². The molecule has 1 aliphatic carbocycles. The van der Waals surface area contributed by atoms with Gasteiger partial charge in [-0.1, -0.05) is 6.07 Å². The molecule has 3 heterocycles. The predicted molar refractivity (Wildman–Crippen MR) is 73.1 cm³/mol. The molecule has 1 saturated carbocycles. The summed E-state index contributed by atoms with van der Waals surface area (Å²) in [7, 11) is 0. The highest BCUT2D eigenvalue weighted by Crippen LogP contribution is 2.44. The summed E-state index contributed by atoms with van der Waals surface area (Å²) < 4.78 is 1.92. The van der Waals surface area contributed by atoms with Crippen LogP contribution in [0.15, 0.2) is 30.6 Å². The van der Waals surface area contributed by atoms with Crippen LogP contribution in [-0.4, -0.2) is 44.0 Å². The Morgan fingerprint density at radius 3 is 2.90 bits per heavy atom. The molecular weight excluding hydrogens is 254 g/mol. The van der Waals surface area contributed by atoms with Crippen molar-refractivity contribution in [2.45, 2.75) is 24.9 Å². The summed E-state index contributed by atoms with van der Waals surface area (Å²) in [6, 6.07) is 5.79. The van der Waals surface area contributed by atoms with Crippen molar-refractivity contribution in [1.29, 1.82) is 0 Å². The van der Waals surface area contributed by atoms with Crippen LogP contribution in [0.5, 0.6) is 0 Å². The van der Waals surface area contributed by atoms with Gasteiger partial charge < -0.3 is 14.4 Å². The highest BCUT2D eigenvalue weighted by atomic mass is 16.3. The molecule has 104 valence electrons. The van der Waals surface area contributed by atoms with Gasteiger partial charge in [0.25, 0.3) is 0 Å². The predicted octanol–water partition coefficient (Wildman–Crippen LogP) is 0.860. The third-order valence-corrected chi connectivity index (χ3v) is 4.37. The molecule has 0 atom stereocenters. The van der Waals surface area contributed by atoms with Crippen molar-refractivity contribution in [2.75, 3.05) is 13.1 Å². The van der Waals surface area contributed by atoms with Crippen molar-refractivity contribution in [1.82, 2.24) is 14.3 Å². The number of hydrogen-bond donors (Lipinski definition) is 1. The number of nitrogens with zero attached hydrogens (tertiary/aromatic N) is 3. The Kier molecular flexibility index (Phi) is 2.41. The number of carbonyl (C=O) groups excluding carboxylic acids is 1. The molecule has 0 spiro atoms. The lowest BCUT2D eigenvalue weighted by molar-refractivity contribution is -0.158. The molecule has 20 heavy (non-hydrogen) atoms. The number of aromatic nitrogens is 2. The van der Waals surface area contributed by atoms with Crippen molar-refractivity contribution in [3.63, 3.8) is 0 Å². The molecule has 2 aromatic rings. The molecule has 1 aliphatic heterocycles. The Bertz CT molecular complexity index is 636. The summed E-state index contributed by atoms with van der Waals surface area (Å²) in [5, 5.41) is 10.2. The van der Waals surface area contributed by atoms with Gasteiger partial charge in [-0.05, 0) is 30.9 Å². The summed E-state index contributed by atoms with van der Waals surface area (Å²) in [5.74, 6) is 0.473. The molecule has 0 radical (unpaired) electrons. The second kappa shape index (κ2) is 4.06. The molecule has 2 aromatic heterocycles. The van der Waals surface area contributed by atoms with Gasteiger partial charge >= 0.3 is 0 Å². The maximum Gasteiger partial charge on any atom is 0.228 e. The lowest BCUT2D eigenvalue weighted by Crippen LogP contribution is -2.65. The van der Waals surface area contributed by atoms with Crippen molar-refractivity contribution in [2.24, 2.45) is 5.92 Å². The Morgan fingerprint density at radius 1 is 1.40 bits per heavy atom. The summed E-state index contributed by atoms with van der Waals surface area (Å²) in [4.78, 5) is 18.3. The molecular formula is C15H17N3O2. The quantitative estimate of drug-likeness (QED) is 0.901. The molecule has 0 bridgehead atoms. The van der Waals surface area contributed by atoms with Gasteiger partial charge in [0.2, 0.25) is 5.91 Å². The van der Waals surface area contributed by atoms with E-state index in [4.69, 9.17) is 0 Å². The number of rotatable bonds is 3. The van der Waals surface area contributed by atoms with Crippen molar-refractivity contribution < 1.29 is 9.90 Å². The number of hydrogen-bond acceptors (Lipinski definition) is 3. The monoisotopic (exact) mass is 271 g/mol. The molecule has 1 amide bonds. The van der Waals surface area contributed by atoms with E-state index in [0.717, 1.165) is 24.2 Å². The third-order valence-electron chi connectivity index (χ3n) is 4.37. The highest BCUT2D eigenvalue weighted by Gasteiger charge is 2.53. The zero-order valence-corrected chi connectivity index (χ0v) is 11.2. The van der Waals surface area contributed by atoms with Crippen molar-refractivity contribution in [3.8, 4) is 0 Å². The van der Waals surface area contributed by atoms with E-state index in [9.17, 15) is 9.90 Å². The van der Waals surface area contributed by atoms with Gasteiger partial charge in [-0.3, -0.25) is 4.79 Å². The molecule has 5 heteroatoms. The van der Waals surface area contributed by atoms with Gasteiger partial charge in [-0.2, -0.15) is 0 Å². The van der Waals surface area contributed by atoms with Gasteiger partial charge in [0, 0.05) is 12.4 Å². The molecule has 0 aromatic carbocycles. The minimum Gasteiger partial charge on any atom is -0.386 e. The van der Waals surface area contributed by atoms with Gasteiger partial charge in [0.1, 0.15) is 11.2 Å². The van der Waals surface area contributed by atoms with Crippen LogP contribution in [0.1, 0.15) is 18.5 Å². The smallest absolute Gasteiger partial charge is 0.228 e. The zero-order valence-electron chi connectivity index (χ0n) is 11.2. The molecule has 0 unspecified atom stereocenters. The molecule has 1 N–H and O–H groups in total. The normalized spacial score (nSPS) is 20.9. The van der Waals surface area contributed by atoms with Crippen LogP contribution in [0.2, 0.25) is 0 Å². The van der Waals surface area contributed by atoms with Crippen molar-refractivity contribution in [3.05, 3.63) is 36.3 Å². The molecule has 2 fully saturated rings. The Morgan fingerprint density at radius 2 is 2.20 bits per heavy atom. The average Bonchev–Trinajstić information content (AvgIpc) is 3.16. The average molecular weight is 271 g/mol. The van der Waals surface area contributed by atoms with E-state index in [1.54, 1.807) is 4.90 Å². The van der Waals surface area contributed by atoms with Gasteiger partial charge in [-0.15, -0.1) is 0 Å². The summed E-state index contributed by atoms with van der Waals surface area (Å²) >= 11 is 0. The van der Waals surface area contributed by atoms with Gasteiger partial charge in [0.05, 0.1) is 25.2 Å². The van der Waals surface area contributed by atoms with Crippen LogP contribution in [0.3, 0.4) is 0 Å². The third kappa shape index (κ3) is 1.89. The molecule has 1 saturated heterocycles. The minimum absolute atomic E-state index is 0.0544. The van der Waals surface area contributed by atoms with E-state index in [1.807, 2.05) is 35.0 Å². The number of imidazole rings is 1. The standard InChI is InChI=1S/C15H17N3O2/c19-14(18-9-15(20,10-18)11-4-5-11)7-12-8-17-6-2-1-3-13(17)16-12/h1-3,6,8,11,20H,4-5,7,9-10H2. The first kappa shape index (κ1) is 11.9. The number of amides is 1. The van der Waals surface area contributed by atoms with E-state index >= 15 is 0 Å². The van der Waals surface area contributed by atoms with Crippen LogP contribution >= 0.6 is 0 Å². The first-order valence-corrected chi connectivity index (χ1v) is 7.07. The van der Waals surface area contributed by atoms with Crippen LogP contribution in [0.25, 0.3) is 5.65 Å². The number of β-amino-alcohol motifs (C(OH)–C–C–N with tert-alkyl or cyclic N) is 1. The lowest BCUT2D eigenvalue weighted by Gasteiger charge is -2.47. The lowest BCUT2D eigenvalue weighted by atomic mass is 9.88. The summed E-state index contributed by atoms with van der Waals surface area (Å²) in [6.07, 6.45) is 6.32. The number of fused-ring (bicyclic) bond motifs is 1. The van der Waals surface area contributed by atoms with Crippen LogP contribution in [0.4, 0.5) is 0 Å². The second-order valence-electron chi connectivity index (χ2n) is 6.00. The maximum absolute atomic E-state index is 12.2. The molecule has 5 nitrogen and oxygen atoms in total. The fourth-order valence-electron chi connectivity index (χ4n) is 3.01. The molecule has 4 rings (SSSR count). The van der Waals surface area contributed by atoms with Gasteiger partial charge in [-0.25, -0.2) is 4.98 Å². The fourth-order valence-corrected chi connectivity index (χ4v) is 3.01. The summed E-state index contributed by atoms with van der Waals surface area (Å²) in [5.41, 5.74) is 1.03. The highest BCUT2D eigenvalue weighted by molar-refractivity contribution is 5.79. The second-order valence-corrected chi connectivity index (χ2v) is 6.00. The fraction of sp³-hybridized carbons (Fsp3) is 0.467. The SMILES string of the molecule is O=C(Cc1cn2ccccc2n1)N1CC(O)(C2CC2)C1. The van der Waals surface area contributed by atoms with Crippen LogP contribution in [0, 0.1) is 5.92 Å². The number of pyridine rings is 1. The maximum atomic E-state index is 12.2. The largest absolute Gasteiger partial charge is 0.386 e. The number of aliphatic hydroxyl groups is 1. The van der Waals surface area contributed by atoms with E-state index in [2.05, 4.69) is 4.98 Å². The minimum atomic E-state index is -0.603. The number of likely N-dealkylation sites (tertiary alicyclic amines) is 1. The Labute approximate surface area is 116 Å². The number of carbonyl (C=O) groups is 1. The van der Waals surface area contributed by atoms with Crippen LogP contribution < -0.4 is 0 Å².